The largest absolute Gasteiger partial charge is 0.477 e. The average molecular weight is 489 g/mol. The molecule has 0 radical (unpaired) electrons. The molecule has 2 aliphatic carbocycles. The van der Waals surface area contributed by atoms with Crippen LogP contribution < -0.4 is 21.4 Å². The van der Waals surface area contributed by atoms with E-state index in [-0.39, 0.29) is 45.9 Å². The number of nitrogens with two attached hydrogens (primary N) is 1. The van der Waals surface area contributed by atoms with E-state index in [1.165, 1.54) is 6.20 Å². The number of carbonyl (C=O) groups excluding carboxylic acids is 1. The van der Waals surface area contributed by atoms with Crippen LogP contribution in [0.5, 0.6) is 0 Å². The number of hydrogen-bond acceptors (Lipinski definition) is 5. The molecule has 0 spiro atoms. The number of carbonyl (C=O) groups is 2. The molecule has 4 atom stereocenters. The van der Waals surface area contributed by atoms with Gasteiger partial charge in [0.1, 0.15) is 11.4 Å². The Morgan fingerprint density at radius 1 is 1.32 bits per heavy atom. The number of aromatic carboxylic acids is 1. The van der Waals surface area contributed by atoms with Crippen LogP contribution in [-0.4, -0.2) is 46.7 Å². The first-order valence-electron chi connectivity index (χ1n) is 11.4. The van der Waals surface area contributed by atoms with Crippen molar-refractivity contribution in [1.82, 2.24) is 9.88 Å². The van der Waals surface area contributed by atoms with E-state index < -0.39 is 28.8 Å². The molecule has 1 saturated carbocycles. The van der Waals surface area contributed by atoms with E-state index in [1.807, 2.05) is 17.1 Å². The summed E-state index contributed by atoms with van der Waals surface area (Å²) in [5, 5.41) is 12.5. The van der Waals surface area contributed by atoms with Gasteiger partial charge in [-0.2, -0.15) is 0 Å². The molecule has 1 aromatic carbocycles. The molecule has 2 fully saturated rings. The van der Waals surface area contributed by atoms with Gasteiger partial charge in [-0.25, -0.2) is 9.18 Å². The molecule has 3 aliphatic rings. The molecule has 1 amide bonds. The summed E-state index contributed by atoms with van der Waals surface area (Å²) >= 11 is 6.78. The fourth-order valence-electron chi connectivity index (χ4n) is 5.24. The maximum Gasteiger partial charge on any atom is 0.341 e. The predicted octanol–water partition coefficient (Wildman–Crippen LogP) is 2.67. The van der Waals surface area contributed by atoms with Crippen molar-refractivity contribution in [3.63, 3.8) is 0 Å². The topological polar surface area (TPSA) is 118 Å². The van der Waals surface area contributed by atoms with Crippen LogP contribution in [0.3, 0.4) is 0 Å². The molecule has 1 aliphatic heterocycles. The number of rotatable bonds is 5. The van der Waals surface area contributed by atoms with E-state index in [9.17, 15) is 19.5 Å². The molecule has 5 rings (SSSR count). The number of fused-ring (bicyclic) bond motifs is 2. The number of allylic oxidation sites excluding steroid dienone is 1. The zero-order chi connectivity index (χ0) is 24.3. The van der Waals surface area contributed by atoms with Crippen molar-refractivity contribution in [2.24, 2.45) is 17.6 Å². The van der Waals surface area contributed by atoms with E-state index in [1.54, 1.807) is 11.5 Å². The third-order valence-electron chi connectivity index (χ3n) is 7.13. The van der Waals surface area contributed by atoms with Gasteiger partial charge in [0, 0.05) is 31.2 Å². The van der Waals surface area contributed by atoms with Gasteiger partial charge in [0.15, 0.2) is 0 Å². The number of anilines is 1. The van der Waals surface area contributed by atoms with Crippen molar-refractivity contribution < 1.29 is 19.1 Å². The number of pyridine rings is 1. The van der Waals surface area contributed by atoms with Crippen molar-refractivity contribution in [1.29, 1.82) is 0 Å². The fraction of sp³-hybridized carbons (Fsp3) is 0.458. The molecule has 3 unspecified atom stereocenters. The van der Waals surface area contributed by atoms with Crippen LogP contribution in [0.1, 0.15) is 42.6 Å². The van der Waals surface area contributed by atoms with Crippen LogP contribution in [0.25, 0.3) is 10.9 Å². The van der Waals surface area contributed by atoms with Gasteiger partial charge in [0.25, 0.3) is 0 Å². The molecule has 1 saturated heterocycles. The number of carboxylic acid groups (broad SMARTS) is 1. The summed E-state index contributed by atoms with van der Waals surface area (Å²) in [4.78, 5) is 38.5. The first-order valence-corrected chi connectivity index (χ1v) is 11.8. The number of benzene rings is 1. The minimum atomic E-state index is -1.35. The first-order chi connectivity index (χ1) is 16.2. The van der Waals surface area contributed by atoms with Crippen LogP contribution in [0.4, 0.5) is 10.1 Å². The van der Waals surface area contributed by atoms with Gasteiger partial charge in [-0.15, -0.1) is 0 Å². The molecule has 180 valence electrons. The number of halogens is 2. The molecule has 2 heterocycles. The molecule has 10 heteroatoms. The molecule has 4 N–H and O–H groups in total. The zero-order valence-electron chi connectivity index (χ0n) is 18.6. The van der Waals surface area contributed by atoms with Gasteiger partial charge in [0.05, 0.1) is 33.7 Å². The highest BCUT2D eigenvalue weighted by molar-refractivity contribution is 6.38. The van der Waals surface area contributed by atoms with Crippen LogP contribution in [0.15, 0.2) is 29.2 Å². The van der Waals surface area contributed by atoms with Crippen molar-refractivity contribution in [3.8, 4) is 0 Å². The zero-order valence-corrected chi connectivity index (χ0v) is 19.4. The van der Waals surface area contributed by atoms with Gasteiger partial charge in [-0.3, -0.25) is 9.59 Å². The van der Waals surface area contributed by atoms with Gasteiger partial charge in [-0.1, -0.05) is 23.8 Å². The lowest BCUT2D eigenvalue weighted by atomic mass is 9.82. The van der Waals surface area contributed by atoms with Crippen molar-refractivity contribution in [2.45, 2.75) is 44.3 Å². The van der Waals surface area contributed by atoms with Gasteiger partial charge in [-0.05, 0) is 38.2 Å². The highest BCUT2D eigenvalue weighted by Crippen LogP contribution is 2.44. The molecule has 1 aromatic heterocycles. The number of nitrogens with one attached hydrogen (secondary N) is 1. The maximum atomic E-state index is 15.5. The standard InChI is InChI=1S/C24H26ClFN4O4/c1-11(27)23(32)28-18-4-2-3-12-8-29(9-15(12)18)21-17(26)7-14-20(19(21)25)30(13-5-6-13)10-16(22(14)31)24(33)34/h2,4,7,10-13,15,18H,3,5-6,8-9,27H2,1H3,(H,28,32)(H,33,34)/t11-,12?,15?,18?/m0/s1. The van der Waals surface area contributed by atoms with Gasteiger partial charge >= 0.3 is 5.97 Å². The summed E-state index contributed by atoms with van der Waals surface area (Å²) in [5.41, 5.74) is 5.14. The maximum absolute atomic E-state index is 15.5. The summed E-state index contributed by atoms with van der Waals surface area (Å²) < 4.78 is 17.2. The van der Waals surface area contributed by atoms with Gasteiger partial charge in [0.2, 0.25) is 11.3 Å². The number of hydrogen-bond donors (Lipinski definition) is 3. The minimum absolute atomic E-state index is 0.0280. The predicted molar refractivity (Wildman–Crippen MR) is 127 cm³/mol. The Bertz CT molecular complexity index is 1290. The van der Waals surface area contributed by atoms with E-state index >= 15 is 4.39 Å². The molecule has 0 bridgehead atoms. The second-order valence-corrected chi connectivity index (χ2v) is 9.93. The molecule has 2 aromatic rings. The monoisotopic (exact) mass is 488 g/mol. The van der Waals surface area contributed by atoms with Gasteiger partial charge < -0.3 is 25.6 Å². The third kappa shape index (κ3) is 3.76. The van der Waals surface area contributed by atoms with Crippen molar-refractivity contribution >= 4 is 40.1 Å². The van der Waals surface area contributed by atoms with Crippen molar-refractivity contribution in [2.75, 3.05) is 18.0 Å². The SMILES string of the molecule is C[C@H](N)C(=O)NC1C=CCC2CN(c3c(F)cc4c(=O)c(C(=O)O)cn(C5CC5)c4c3Cl)CC21. The van der Waals surface area contributed by atoms with Crippen LogP contribution in [-0.2, 0) is 4.79 Å². The Kier molecular flexibility index (Phi) is 5.64. The molecular weight excluding hydrogens is 463 g/mol. The van der Waals surface area contributed by atoms with Crippen LogP contribution in [0, 0.1) is 17.7 Å². The average Bonchev–Trinajstić information content (AvgIpc) is 3.53. The van der Waals surface area contributed by atoms with E-state index in [2.05, 4.69) is 5.32 Å². The Morgan fingerprint density at radius 3 is 2.71 bits per heavy atom. The summed E-state index contributed by atoms with van der Waals surface area (Å²) in [6.45, 7) is 2.64. The summed E-state index contributed by atoms with van der Waals surface area (Å²) in [5.74, 6) is -2.01. The van der Waals surface area contributed by atoms with Crippen LogP contribution >= 0.6 is 11.6 Å². The van der Waals surface area contributed by atoms with Crippen LogP contribution in [0.2, 0.25) is 5.02 Å². The molecule has 8 nitrogen and oxygen atoms in total. The Morgan fingerprint density at radius 2 is 2.06 bits per heavy atom. The number of carboxylic acids is 1. The number of nitrogens with zero attached hydrogens (tertiary/aromatic N) is 2. The normalized spacial score (nSPS) is 24.8. The smallest absolute Gasteiger partial charge is 0.341 e. The minimum Gasteiger partial charge on any atom is -0.477 e. The Hall–Kier alpha value is -2.91. The van der Waals surface area contributed by atoms with Crippen molar-refractivity contribution in [3.05, 3.63) is 51.0 Å². The summed E-state index contributed by atoms with van der Waals surface area (Å²) in [7, 11) is 0. The highest BCUT2D eigenvalue weighted by atomic mass is 35.5. The number of aromatic nitrogens is 1. The fourth-order valence-corrected chi connectivity index (χ4v) is 5.65. The second-order valence-electron chi connectivity index (χ2n) is 9.55. The summed E-state index contributed by atoms with van der Waals surface area (Å²) in [6.07, 6.45) is 7.77. The molecule has 34 heavy (non-hydrogen) atoms. The first kappa shape index (κ1) is 22.9. The lowest BCUT2D eigenvalue weighted by molar-refractivity contribution is -0.122. The molecular formula is C24H26ClFN4O4. The lowest BCUT2D eigenvalue weighted by Gasteiger charge is -2.29. The van der Waals surface area contributed by atoms with E-state index in [0.29, 0.717) is 18.6 Å². The quantitative estimate of drug-likeness (QED) is 0.557. The van der Waals surface area contributed by atoms with E-state index in [0.717, 1.165) is 25.3 Å². The van der Waals surface area contributed by atoms with E-state index in [4.69, 9.17) is 17.3 Å². The summed E-state index contributed by atoms with van der Waals surface area (Å²) in [6, 6.07) is 0.292. The number of amides is 1. The highest BCUT2D eigenvalue weighted by Gasteiger charge is 2.41. The third-order valence-corrected chi connectivity index (χ3v) is 7.49. The second kappa shape index (κ2) is 8.39. The Balaban J connectivity index is 1.56. The Labute approximate surface area is 200 Å². The lowest BCUT2D eigenvalue weighted by Crippen LogP contribution is -2.48.